The molecule has 3 heteroatoms. The summed E-state index contributed by atoms with van der Waals surface area (Å²) < 4.78 is 6.14. The van der Waals surface area contributed by atoms with E-state index >= 15 is 0 Å². The van der Waals surface area contributed by atoms with E-state index in [4.69, 9.17) is 4.74 Å². The van der Waals surface area contributed by atoms with Crippen molar-refractivity contribution in [3.8, 4) is 5.75 Å². The van der Waals surface area contributed by atoms with Gasteiger partial charge in [-0.05, 0) is 111 Å². The van der Waals surface area contributed by atoms with Crippen LogP contribution in [0, 0.1) is 17.3 Å². The van der Waals surface area contributed by atoms with Gasteiger partial charge < -0.3 is 9.84 Å². The van der Waals surface area contributed by atoms with Gasteiger partial charge in [-0.25, -0.2) is 0 Å². The number of fused-ring (bicyclic) bond motifs is 5. The summed E-state index contributed by atoms with van der Waals surface area (Å²) in [6.45, 7) is 6.71. The van der Waals surface area contributed by atoms with E-state index < -0.39 is 0 Å². The Morgan fingerprint density at radius 3 is 2.82 bits per heavy atom. The molecule has 1 N–H and O–H groups in total. The summed E-state index contributed by atoms with van der Waals surface area (Å²) in [5, 5.41) is 10.6. The van der Waals surface area contributed by atoms with Gasteiger partial charge in [0.1, 0.15) is 12.4 Å². The Balaban J connectivity index is 1.25. The Kier molecular flexibility index (Phi) is 5.17. The van der Waals surface area contributed by atoms with Crippen LogP contribution in [0.3, 0.4) is 0 Å². The summed E-state index contributed by atoms with van der Waals surface area (Å²) in [6, 6.07) is 6.92. The van der Waals surface area contributed by atoms with Crippen molar-refractivity contribution in [3.05, 3.63) is 29.3 Å². The van der Waals surface area contributed by atoms with Crippen LogP contribution in [0.25, 0.3) is 0 Å². The lowest BCUT2D eigenvalue weighted by Crippen LogP contribution is -2.43. The number of likely N-dealkylation sites (tertiary alicyclic amines) is 1. The molecule has 3 nitrogen and oxygen atoms in total. The smallest absolute Gasteiger partial charge is 0.119 e. The Morgan fingerprint density at radius 2 is 1.96 bits per heavy atom. The monoisotopic (exact) mass is 383 g/mol. The molecule has 0 spiro atoms. The lowest BCUT2D eigenvalue weighted by molar-refractivity contribution is -0.0226. The first kappa shape index (κ1) is 18.9. The van der Waals surface area contributed by atoms with Crippen molar-refractivity contribution >= 4 is 0 Å². The summed E-state index contributed by atoms with van der Waals surface area (Å²) in [6.07, 6.45) is 11.2. The van der Waals surface area contributed by atoms with Crippen molar-refractivity contribution in [1.29, 1.82) is 0 Å². The van der Waals surface area contributed by atoms with Gasteiger partial charge in [0.05, 0.1) is 6.10 Å². The third-order valence-corrected chi connectivity index (χ3v) is 8.77. The van der Waals surface area contributed by atoms with Crippen LogP contribution in [0.2, 0.25) is 0 Å². The van der Waals surface area contributed by atoms with E-state index in [1.807, 2.05) is 0 Å². The highest BCUT2D eigenvalue weighted by Crippen LogP contribution is 2.60. The molecule has 3 unspecified atom stereocenters. The Bertz CT molecular complexity index is 698. The Hall–Kier alpha value is -1.06. The van der Waals surface area contributed by atoms with E-state index in [2.05, 4.69) is 30.0 Å². The zero-order valence-electron chi connectivity index (χ0n) is 17.5. The number of hydrogen-bond acceptors (Lipinski definition) is 3. The van der Waals surface area contributed by atoms with Crippen molar-refractivity contribution in [2.75, 3.05) is 26.2 Å². The third-order valence-electron chi connectivity index (χ3n) is 8.77. The van der Waals surface area contributed by atoms with E-state index in [1.54, 1.807) is 5.56 Å². The van der Waals surface area contributed by atoms with Gasteiger partial charge in [0.25, 0.3) is 0 Å². The van der Waals surface area contributed by atoms with Crippen LogP contribution in [0.4, 0.5) is 0 Å². The Labute approximate surface area is 170 Å². The predicted octanol–water partition coefficient (Wildman–Crippen LogP) is 4.77. The number of hydrogen-bond donors (Lipinski definition) is 1. The van der Waals surface area contributed by atoms with Gasteiger partial charge in [0.15, 0.2) is 0 Å². The first-order chi connectivity index (χ1) is 13.6. The lowest BCUT2D eigenvalue weighted by atomic mass is 9.55. The average Bonchev–Trinajstić information content (AvgIpc) is 3.03. The van der Waals surface area contributed by atoms with Gasteiger partial charge in [-0.1, -0.05) is 19.4 Å². The zero-order valence-corrected chi connectivity index (χ0v) is 17.5. The first-order valence-electron chi connectivity index (χ1n) is 11.8. The minimum absolute atomic E-state index is 0.0736. The molecule has 1 aliphatic heterocycles. The van der Waals surface area contributed by atoms with Gasteiger partial charge in [-0.15, -0.1) is 0 Å². The third kappa shape index (κ3) is 3.29. The fraction of sp³-hybridized carbons (Fsp3) is 0.760. The average molecular weight is 384 g/mol. The molecule has 3 aliphatic carbocycles. The van der Waals surface area contributed by atoms with Crippen LogP contribution in [0.5, 0.6) is 5.75 Å². The topological polar surface area (TPSA) is 32.7 Å². The van der Waals surface area contributed by atoms with Crippen molar-refractivity contribution < 1.29 is 9.84 Å². The maximum atomic E-state index is 10.6. The van der Waals surface area contributed by atoms with E-state index in [9.17, 15) is 5.11 Å². The standard InChI is InChI=1S/C25H37NO2/c1-25-12-11-21-20-8-6-19(28-16-15-26-13-3-2-4-14-26)17-18(20)5-7-22(21)23(25)9-10-24(25)27/h6,8,17,21-24,27H,2-5,7,9-16H2,1H3/t21?,22?,23?,24-,25-/m0/s1. The molecule has 0 bridgehead atoms. The molecule has 0 radical (unpaired) electrons. The first-order valence-corrected chi connectivity index (χ1v) is 11.8. The quantitative estimate of drug-likeness (QED) is 0.813. The molecule has 1 aromatic rings. The number of aliphatic hydroxyl groups excluding tert-OH is 1. The number of nitrogens with zero attached hydrogens (tertiary/aromatic N) is 1. The lowest BCUT2D eigenvalue weighted by Gasteiger charge is -2.50. The van der Waals surface area contributed by atoms with Gasteiger partial charge in [0, 0.05) is 6.54 Å². The number of benzene rings is 1. The van der Waals surface area contributed by atoms with Crippen LogP contribution < -0.4 is 4.74 Å². The molecule has 1 aromatic carbocycles. The zero-order chi connectivity index (χ0) is 19.1. The summed E-state index contributed by atoms with van der Waals surface area (Å²) in [7, 11) is 0. The minimum atomic E-state index is -0.0736. The molecule has 2 saturated carbocycles. The molecule has 28 heavy (non-hydrogen) atoms. The summed E-state index contributed by atoms with van der Waals surface area (Å²) >= 11 is 0. The highest BCUT2D eigenvalue weighted by molar-refractivity contribution is 5.40. The summed E-state index contributed by atoms with van der Waals surface area (Å²) in [4.78, 5) is 2.54. The van der Waals surface area contributed by atoms with Crippen LogP contribution in [0.1, 0.15) is 75.3 Å². The van der Waals surface area contributed by atoms with Crippen molar-refractivity contribution in [2.45, 2.75) is 76.7 Å². The van der Waals surface area contributed by atoms with Gasteiger partial charge in [-0.2, -0.15) is 0 Å². The van der Waals surface area contributed by atoms with Gasteiger partial charge in [0.2, 0.25) is 0 Å². The molecule has 0 amide bonds. The van der Waals surface area contributed by atoms with Crippen molar-refractivity contribution in [2.24, 2.45) is 17.3 Å². The van der Waals surface area contributed by atoms with E-state index in [0.717, 1.165) is 37.2 Å². The number of piperidine rings is 1. The van der Waals surface area contributed by atoms with Crippen molar-refractivity contribution in [1.82, 2.24) is 4.90 Å². The normalized spacial score (nSPS) is 37.8. The van der Waals surface area contributed by atoms with Crippen LogP contribution >= 0.6 is 0 Å². The van der Waals surface area contributed by atoms with E-state index in [1.165, 1.54) is 70.0 Å². The second kappa shape index (κ2) is 7.65. The number of aryl methyl sites for hydroxylation is 1. The number of ether oxygens (including phenoxy) is 1. The highest BCUT2D eigenvalue weighted by Gasteiger charge is 2.54. The Morgan fingerprint density at radius 1 is 1.11 bits per heavy atom. The van der Waals surface area contributed by atoms with Gasteiger partial charge in [-0.3, -0.25) is 4.90 Å². The summed E-state index contributed by atoms with van der Waals surface area (Å²) in [5.41, 5.74) is 3.29. The van der Waals surface area contributed by atoms with Crippen LogP contribution in [0.15, 0.2) is 18.2 Å². The SMILES string of the molecule is C[C@]12CCC3c4ccc(OCCN5CCCCC5)cc4CCC3C1CC[C@@H]2O. The molecule has 5 rings (SSSR count). The molecule has 1 heterocycles. The largest absolute Gasteiger partial charge is 0.492 e. The molecular formula is C25H37NO2. The maximum absolute atomic E-state index is 10.6. The van der Waals surface area contributed by atoms with Crippen LogP contribution in [-0.2, 0) is 6.42 Å². The number of rotatable bonds is 4. The molecular weight excluding hydrogens is 346 g/mol. The fourth-order valence-electron chi connectivity index (χ4n) is 7.10. The second-order valence-electron chi connectivity index (χ2n) is 10.2. The molecule has 0 aromatic heterocycles. The molecule has 4 aliphatic rings. The molecule has 154 valence electrons. The number of aliphatic hydroxyl groups is 1. The second-order valence-corrected chi connectivity index (χ2v) is 10.2. The maximum Gasteiger partial charge on any atom is 0.119 e. The van der Waals surface area contributed by atoms with Gasteiger partial charge >= 0.3 is 0 Å². The molecule has 5 atom stereocenters. The van der Waals surface area contributed by atoms with Crippen LogP contribution in [-0.4, -0.2) is 42.4 Å². The van der Waals surface area contributed by atoms with Crippen molar-refractivity contribution in [3.63, 3.8) is 0 Å². The highest BCUT2D eigenvalue weighted by atomic mass is 16.5. The minimum Gasteiger partial charge on any atom is -0.492 e. The molecule has 1 saturated heterocycles. The predicted molar refractivity (Wildman–Crippen MR) is 113 cm³/mol. The molecule has 3 fully saturated rings. The van der Waals surface area contributed by atoms with E-state index in [-0.39, 0.29) is 11.5 Å². The van der Waals surface area contributed by atoms with E-state index in [0.29, 0.717) is 5.92 Å². The fourth-order valence-corrected chi connectivity index (χ4v) is 7.10. The summed E-state index contributed by atoms with van der Waals surface area (Å²) in [5.74, 6) is 3.25.